The molecule has 0 aliphatic heterocycles. The average Bonchev–Trinajstić information content (AvgIpc) is 3.85. The van der Waals surface area contributed by atoms with Crippen LogP contribution in [0.3, 0.4) is 0 Å². The van der Waals surface area contributed by atoms with Crippen molar-refractivity contribution in [3.05, 3.63) is 59.5 Å². The van der Waals surface area contributed by atoms with Gasteiger partial charge >= 0.3 is 0 Å². The Morgan fingerprint density at radius 3 is 2.55 bits per heavy atom. The molecular weight excluding hydrogens is 498 g/mol. The van der Waals surface area contributed by atoms with E-state index in [1.165, 1.54) is 25.5 Å². The van der Waals surface area contributed by atoms with Crippen LogP contribution in [0.15, 0.2) is 42.6 Å². The molecule has 0 radical (unpaired) electrons. The fourth-order valence-electron chi connectivity index (χ4n) is 6.24. The number of amides is 1. The van der Waals surface area contributed by atoms with Gasteiger partial charge < -0.3 is 20.4 Å². The number of nitrogens with zero attached hydrogens (tertiary/aromatic N) is 3. The van der Waals surface area contributed by atoms with Crippen molar-refractivity contribution >= 4 is 23.4 Å². The van der Waals surface area contributed by atoms with Gasteiger partial charge in [-0.15, -0.1) is 0 Å². The molecule has 2 N–H and O–H groups in total. The number of pyridine rings is 1. The third-order valence-electron chi connectivity index (χ3n) is 8.83. The number of hydrogen-bond donors (Lipinski definition) is 2. The second-order valence-electron chi connectivity index (χ2n) is 11.6. The highest BCUT2D eigenvalue weighted by Crippen LogP contribution is 2.38. The molecule has 0 unspecified atom stereocenters. The molecule has 3 saturated carbocycles. The standard InChI is InChI=1S/C33H41N5O2/c1-40-32-17-16-30(37-31(32)20-35)24-12-10-23(11-13-24)22-38(33(39)25-6-3-2-4-7-25)29-9-5-8-26(18-29)27(19-34)21-36-28-14-15-28/h5,8-9,16-19,21,23-25,28,34,36H,2-4,6-7,10-15,22H2,1H3/b27-21+,34-19?. The number of carbonyl (C=O) groups is 1. The number of benzene rings is 1. The number of nitriles is 1. The lowest BCUT2D eigenvalue weighted by molar-refractivity contribution is -0.123. The van der Waals surface area contributed by atoms with Gasteiger partial charge in [-0.1, -0.05) is 31.4 Å². The molecule has 3 aliphatic rings. The number of methoxy groups -OCH3 is 1. The summed E-state index contributed by atoms with van der Waals surface area (Å²) in [4.78, 5) is 20.6. The molecule has 7 heteroatoms. The maximum absolute atomic E-state index is 14.0. The zero-order valence-corrected chi connectivity index (χ0v) is 23.6. The lowest BCUT2D eigenvalue weighted by Gasteiger charge is -2.35. The van der Waals surface area contributed by atoms with Gasteiger partial charge in [0, 0.05) is 53.8 Å². The molecule has 1 heterocycles. The van der Waals surface area contributed by atoms with Crippen LogP contribution in [-0.4, -0.2) is 36.8 Å². The topological polar surface area (TPSA) is 102 Å². The summed E-state index contributed by atoms with van der Waals surface area (Å²) in [6, 6.07) is 14.7. The Labute approximate surface area is 238 Å². The van der Waals surface area contributed by atoms with E-state index in [9.17, 15) is 10.1 Å². The molecule has 3 aliphatic carbocycles. The number of ether oxygens (including phenoxy) is 1. The summed E-state index contributed by atoms with van der Waals surface area (Å²) >= 11 is 0. The van der Waals surface area contributed by atoms with Crippen molar-refractivity contribution in [2.24, 2.45) is 11.8 Å². The normalized spacial score (nSPS) is 21.8. The van der Waals surface area contributed by atoms with Crippen molar-refractivity contribution in [2.75, 3.05) is 18.6 Å². The molecule has 0 saturated heterocycles. The molecule has 0 bridgehead atoms. The molecule has 5 rings (SSSR count). The van der Waals surface area contributed by atoms with Gasteiger partial charge in [0.05, 0.1) is 7.11 Å². The molecule has 1 aromatic heterocycles. The van der Waals surface area contributed by atoms with Gasteiger partial charge in [-0.05, 0) is 87.1 Å². The number of anilines is 1. The molecule has 40 heavy (non-hydrogen) atoms. The van der Waals surface area contributed by atoms with Crippen LogP contribution in [0.2, 0.25) is 0 Å². The summed E-state index contributed by atoms with van der Waals surface area (Å²) in [5.41, 5.74) is 4.04. The third-order valence-corrected chi connectivity index (χ3v) is 8.83. The van der Waals surface area contributed by atoms with Crippen LogP contribution < -0.4 is 15.0 Å². The minimum Gasteiger partial charge on any atom is -0.494 e. The fourth-order valence-corrected chi connectivity index (χ4v) is 6.24. The number of nitrogens with one attached hydrogen (secondary N) is 2. The van der Waals surface area contributed by atoms with Crippen LogP contribution in [-0.2, 0) is 4.79 Å². The molecular formula is C33H41N5O2. The Hall–Kier alpha value is -3.66. The van der Waals surface area contributed by atoms with E-state index < -0.39 is 0 Å². The molecule has 1 aromatic carbocycles. The number of hydrogen-bond acceptors (Lipinski definition) is 6. The first kappa shape index (κ1) is 27.9. The van der Waals surface area contributed by atoms with Crippen LogP contribution >= 0.6 is 0 Å². The lowest BCUT2D eigenvalue weighted by Crippen LogP contribution is -2.41. The van der Waals surface area contributed by atoms with Crippen LogP contribution in [0.5, 0.6) is 5.75 Å². The monoisotopic (exact) mass is 539 g/mol. The first-order valence-corrected chi connectivity index (χ1v) is 14.9. The first-order valence-electron chi connectivity index (χ1n) is 14.9. The summed E-state index contributed by atoms with van der Waals surface area (Å²) in [7, 11) is 1.56. The predicted molar refractivity (Wildman–Crippen MR) is 158 cm³/mol. The second-order valence-corrected chi connectivity index (χ2v) is 11.6. The van der Waals surface area contributed by atoms with E-state index in [0.29, 0.717) is 29.3 Å². The van der Waals surface area contributed by atoms with Gasteiger partial charge in [-0.25, -0.2) is 4.98 Å². The maximum Gasteiger partial charge on any atom is 0.230 e. The molecule has 2 aromatic rings. The van der Waals surface area contributed by atoms with Gasteiger partial charge in [0.2, 0.25) is 5.91 Å². The summed E-state index contributed by atoms with van der Waals surface area (Å²) in [6.07, 6.45) is 15.2. The van der Waals surface area contributed by atoms with Crippen LogP contribution in [0.25, 0.3) is 5.57 Å². The Morgan fingerprint density at radius 2 is 1.88 bits per heavy atom. The number of carbonyl (C=O) groups excluding carboxylic acids is 1. The van der Waals surface area contributed by atoms with Crippen molar-refractivity contribution < 1.29 is 9.53 Å². The molecule has 1 amide bonds. The van der Waals surface area contributed by atoms with Crippen molar-refractivity contribution in [1.29, 1.82) is 10.7 Å². The highest BCUT2D eigenvalue weighted by Gasteiger charge is 2.31. The van der Waals surface area contributed by atoms with E-state index in [1.807, 2.05) is 30.5 Å². The lowest BCUT2D eigenvalue weighted by atomic mass is 9.79. The minimum absolute atomic E-state index is 0.0935. The van der Waals surface area contributed by atoms with Crippen molar-refractivity contribution in [2.45, 2.75) is 82.6 Å². The fraction of sp³-hybridized carbons (Fsp3) is 0.515. The van der Waals surface area contributed by atoms with Gasteiger partial charge in [-0.2, -0.15) is 5.26 Å². The van der Waals surface area contributed by atoms with E-state index in [2.05, 4.69) is 33.4 Å². The molecule has 7 nitrogen and oxygen atoms in total. The SMILES string of the molecule is COc1ccc(C2CCC(CN(C(=O)C3CCCCC3)c3cccc(/C(C=N)=C/NC4CC4)c3)CC2)nc1C#N. The predicted octanol–water partition coefficient (Wildman–Crippen LogP) is 6.59. The maximum atomic E-state index is 14.0. The molecule has 0 spiro atoms. The smallest absolute Gasteiger partial charge is 0.230 e. The quantitative estimate of drug-likeness (QED) is 0.332. The zero-order valence-electron chi connectivity index (χ0n) is 23.6. The Balaban J connectivity index is 1.32. The van der Waals surface area contributed by atoms with Crippen molar-refractivity contribution in [3.63, 3.8) is 0 Å². The van der Waals surface area contributed by atoms with Crippen LogP contribution in [0.4, 0.5) is 5.69 Å². The van der Waals surface area contributed by atoms with E-state index >= 15 is 0 Å². The highest BCUT2D eigenvalue weighted by atomic mass is 16.5. The highest BCUT2D eigenvalue weighted by molar-refractivity contribution is 6.08. The first-order chi connectivity index (χ1) is 19.6. The molecule has 210 valence electrons. The Morgan fingerprint density at radius 1 is 1.10 bits per heavy atom. The van der Waals surface area contributed by atoms with E-state index in [4.69, 9.17) is 10.1 Å². The van der Waals surface area contributed by atoms with Gasteiger partial charge in [0.25, 0.3) is 0 Å². The summed E-state index contributed by atoms with van der Waals surface area (Å²) in [5, 5.41) is 20.8. The number of aromatic nitrogens is 1. The summed E-state index contributed by atoms with van der Waals surface area (Å²) in [5.74, 6) is 1.60. The van der Waals surface area contributed by atoms with Crippen LogP contribution in [0.1, 0.15) is 93.5 Å². The summed E-state index contributed by atoms with van der Waals surface area (Å²) in [6.45, 7) is 0.717. The van der Waals surface area contributed by atoms with Crippen LogP contribution in [0, 0.1) is 28.6 Å². The number of allylic oxidation sites excluding steroid dienone is 1. The van der Waals surface area contributed by atoms with E-state index in [0.717, 1.165) is 80.4 Å². The Kier molecular flexibility index (Phi) is 9.15. The van der Waals surface area contributed by atoms with E-state index in [1.54, 1.807) is 7.11 Å². The Bertz CT molecular complexity index is 1260. The van der Waals surface area contributed by atoms with Gasteiger partial charge in [0.1, 0.15) is 6.07 Å². The number of rotatable bonds is 10. The van der Waals surface area contributed by atoms with E-state index in [-0.39, 0.29) is 11.8 Å². The van der Waals surface area contributed by atoms with Gasteiger partial charge in [0.15, 0.2) is 11.4 Å². The third kappa shape index (κ3) is 6.72. The summed E-state index contributed by atoms with van der Waals surface area (Å²) < 4.78 is 5.27. The minimum atomic E-state index is 0.0935. The molecule has 3 fully saturated rings. The largest absolute Gasteiger partial charge is 0.494 e. The van der Waals surface area contributed by atoms with Crippen molar-refractivity contribution in [1.82, 2.24) is 10.3 Å². The molecule has 0 atom stereocenters. The van der Waals surface area contributed by atoms with Gasteiger partial charge in [-0.3, -0.25) is 4.79 Å². The zero-order chi connectivity index (χ0) is 27.9. The van der Waals surface area contributed by atoms with Crippen molar-refractivity contribution in [3.8, 4) is 11.8 Å². The second kappa shape index (κ2) is 13.1. The average molecular weight is 540 g/mol.